The predicted molar refractivity (Wildman–Crippen MR) is 74.6 cm³/mol. The van der Waals surface area contributed by atoms with Crippen molar-refractivity contribution >= 4 is 5.91 Å². The summed E-state index contributed by atoms with van der Waals surface area (Å²) in [5, 5.41) is 6.57. The Hall–Kier alpha value is -2.65. The standard InChI is InChI=1S/C14H15N5O/c1-19(10-12-7-17-18-8-12)14(20)13-5-11(3-2-4-15)6-16-9-13/h5-9H,4,10,15H2,1H3,(H,17,18). The molecule has 1 amide bonds. The quantitative estimate of drug-likeness (QED) is 0.789. The molecule has 0 saturated heterocycles. The molecule has 0 bridgehead atoms. The number of nitrogens with one attached hydrogen (secondary N) is 1. The highest BCUT2D eigenvalue weighted by Gasteiger charge is 2.13. The lowest BCUT2D eigenvalue weighted by Gasteiger charge is -2.16. The molecule has 20 heavy (non-hydrogen) atoms. The molecule has 0 aromatic carbocycles. The lowest BCUT2D eigenvalue weighted by Crippen LogP contribution is -2.26. The third-order valence-electron chi connectivity index (χ3n) is 2.64. The van der Waals surface area contributed by atoms with Crippen LogP contribution >= 0.6 is 0 Å². The van der Waals surface area contributed by atoms with E-state index in [1.54, 1.807) is 36.6 Å². The largest absolute Gasteiger partial charge is 0.337 e. The van der Waals surface area contributed by atoms with E-state index in [9.17, 15) is 4.79 Å². The summed E-state index contributed by atoms with van der Waals surface area (Å²) in [5.41, 5.74) is 7.44. The van der Waals surface area contributed by atoms with E-state index >= 15 is 0 Å². The summed E-state index contributed by atoms with van der Waals surface area (Å²) in [5.74, 6) is 5.48. The molecule has 0 fully saturated rings. The number of pyridine rings is 1. The summed E-state index contributed by atoms with van der Waals surface area (Å²) >= 11 is 0. The van der Waals surface area contributed by atoms with Crippen LogP contribution < -0.4 is 5.73 Å². The van der Waals surface area contributed by atoms with Crippen LogP contribution in [0, 0.1) is 11.8 Å². The lowest BCUT2D eigenvalue weighted by atomic mass is 10.2. The Morgan fingerprint density at radius 3 is 3.00 bits per heavy atom. The number of nitrogens with zero attached hydrogens (tertiary/aromatic N) is 3. The smallest absolute Gasteiger partial charge is 0.255 e. The molecule has 2 heterocycles. The SMILES string of the molecule is CN(Cc1cn[nH]c1)C(=O)c1cncc(C#CCN)c1. The van der Waals surface area contributed by atoms with Crippen molar-refractivity contribution in [3.05, 3.63) is 47.5 Å². The van der Waals surface area contributed by atoms with Crippen LogP contribution in [0.3, 0.4) is 0 Å². The molecule has 0 saturated carbocycles. The van der Waals surface area contributed by atoms with Crippen LogP contribution in [-0.2, 0) is 6.54 Å². The second-order valence-electron chi connectivity index (χ2n) is 4.24. The van der Waals surface area contributed by atoms with Crippen molar-refractivity contribution in [1.82, 2.24) is 20.1 Å². The molecular formula is C14H15N5O. The minimum atomic E-state index is -0.116. The van der Waals surface area contributed by atoms with Gasteiger partial charge in [0.1, 0.15) is 0 Å². The lowest BCUT2D eigenvalue weighted by molar-refractivity contribution is 0.0784. The molecule has 0 aliphatic carbocycles. The number of hydrogen-bond donors (Lipinski definition) is 2. The van der Waals surface area contributed by atoms with Gasteiger partial charge in [-0.2, -0.15) is 5.10 Å². The van der Waals surface area contributed by atoms with Crippen LogP contribution in [0.5, 0.6) is 0 Å². The van der Waals surface area contributed by atoms with Crippen LogP contribution in [0.4, 0.5) is 0 Å². The molecule has 6 nitrogen and oxygen atoms in total. The molecule has 0 aliphatic heterocycles. The number of H-pyrrole nitrogens is 1. The Balaban J connectivity index is 2.12. The second kappa shape index (κ2) is 6.50. The maximum atomic E-state index is 12.3. The zero-order valence-electron chi connectivity index (χ0n) is 11.1. The van der Waals surface area contributed by atoms with Crippen molar-refractivity contribution in [2.24, 2.45) is 5.73 Å². The molecule has 0 radical (unpaired) electrons. The summed E-state index contributed by atoms with van der Waals surface area (Å²) in [4.78, 5) is 17.9. The van der Waals surface area contributed by atoms with Gasteiger partial charge in [0, 0.05) is 43.3 Å². The van der Waals surface area contributed by atoms with E-state index in [0.717, 1.165) is 5.56 Å². The number of carbonyl (C=O) groups excluding carboxylic acids is 1. The number of aromatic amines is 1. The highest BCUT2D eigenvalue weighted by atomic mass is 16.2. The highest BCUT2D eigenvalue weighted by molar-refractivity contribution is 5.94. The molecular weight excluding hydrogens is 254 g/mol. The Bertz CT molecular complexity index is 639. The fourth-order valence-electron chi connectivity index (χ4n) is 1.71. The third-order valence-corrected chi connectivity index (χ3v) is 2.64. The summed E-state index contributed by atoms with van der Waals surface area (Å²) in [7, 11) is 1.73. The average Bonchev–Trinajstić information content (AvgIpc) is 2.97. The van der Waals surface area contributed by atoms with Gasteiger partial charge in [0.05, 0.1) is 18.3 Å². The topological polar surface area (TPSA) is 87.9 Å². The van der Waals surface area contributed by atoms with Gasteiger partial charge in [0.15, 0.2) is 0 Å². The molecule has 2 aromatic rings. The average molecular weight is 269 g/mol. The first-order chi connectivity index (χ1) is 9.70. The van der Waals surface area contributed by atoms with E-state index in [0.29, 0.717) is 17.7 Å². The Labute approximate surface area is 117 Å². The van der Waals surface area contributed by atoms with Crippen LogP contribution in [-0.4, -0.2) is 39.6 Å². The first-order valence-corrected chi connectivity index (χ1v) is 6.08. The molecule has 0 aliphatic rings. The number of aromatic nitrogens is 3. The van der Waals surface area contributed by atoms with Crippen molar-refractivity contribution < 1.29 is 4.79 Å². The van der Waals surface area contributed by atoms with Gasteiger partial charge >= 0.3 is 0 Å². The van der Waals surface area contributed by atoms with E-state index in [2.05, 4.69) is 27.0 Å². The summed E-state index contributed by atoms with van der Waals surface area (Å²) < 4.78 is 0. The van der Waals surface area contributed by atoms with Gasteiger partial charge in [-0.15, -0.1) is 0 Å². The summed E-state index contributed by atoms with van der Waals surface area (Å²) in [6.07, 6.45) is 6.58. The minimum absolute atomic E-state index is 0.116. The summed E-state index contributed by atoms with van der Waals surface area (Å²) in [6, 6.07) is 1.71. The van der Waals surface area contributed by atoms with Crippen molar-refractivity contribution in [1.29, 1.82) is 0 Å². The molecule has 0 atom stereocenters. The Kier molecular flexibility index (Phi) is 4.47. The van der Waals surface area contributed by atoms with Gasteiger partial charge in [0.2, 0.25) is 0 Å². The normalized spacial score (nSPS) is 9.70. The zero-order valence-corrected chi connectivity index (χ0v) is 11.1. The van der Waals surface area contributed by atoms with Gasteiger partial charge < -0.3 is 10.6 Å². The van der Waals surface area contributed by atoms with Gasteiger partial charge in [-0.05, 0) is 6.07 Å². The van der Waals surface area contributed by atoms with E-state index < -0.39 is 0 Å². The molecule has 0 spiro atoms. The van der Waals surface area contributed by atoms with Crippen molar-refractivity contribution in [3.63, 3.8) is 0 Å². The minimum Gasteiger partial charge on any atom is -0.337 e. The number of amides is 1. The molecule has 2 rings (SSSR count). The fourth-order valence-corrected chi connectivity index (χ4v) is 1.71. The van der Waals surface area contributed by atoms with Crippen LogP contribution in [0.25, 0.3) is 0 Å². The van der Waals surface area contributed by atoms with E-state index in [4.69, 9.17) is 5.73 Å². The van der Waals surface area contributed by atoms with E-state index in [1.807, 2.05) is 0 Å². The molecule has 102 valence electrons. The maximum absolute atomic E-state index is 12.3. The van der Waals surface area contributed by atoms with Gasteiger partial charge in [-0.1, -0.05) is 11.8 Å². The predicted octanol–water partition coefficient (Wildman–Crippen LogP) is 0.387. The van der Waals surface area contributed by atoms with Crippen LogP contribution in [0.15, 0.2) is 30.9 Å². The van der Waals surface area contributed by atoms with Crippen LogP contribution in [0.2, 0.25) is 0 Å². The second-order valence-corrected chi connectivity index (χ2v) is 4.24. The molecule has 0 unspecified atom stereocenters. The maximum Gasteiger partial charge on any atom is 0.255 e. The van der Waals surface area contributed by atoms with Gasteiger partial charge in [-0.25, -0.2) is 0 Å². The monoisotopic (exact) mass is 269 g/mol. The number of carbonyl (C=O) groups is 1. The fraction of sp³-hybridized carbons (Fsp3) is 0.214. The van der Waals surface area contributed by atoms with E-state index in [-0.39, 0.29) is 12.5 Å². The first-order valence-electron chi connectivity index (χ1n) is 6.08. The molecule has 6 heteroatoms. The number of hydrogen-bond acceptors (Lipinski definition) is 4. The number of nitrogens with two attached hydrogens (primary N) is 1. The summed E-state index contributed by atoms with van der Waals surface area (Å²) in [6.45, 7) is 0.757. The number of rotatable bonds is 3. The molecule has 2 aromatic heterocycles. The van der Waals surface area contributed by atoms with Gasteiger partial charge in [0.25, 0.3) is 5.91 Å². The zero-order chi connectivity index (χ0) is 14.4. The third kappa shape index (κ3) is 3.43. The van der Waals surface area contributed by atoms with E-state index in [1.165, 1.54) is 6.20 Å². The van der Waals surface area contributed by atoms with Crippen LogP contribution in [0.1, 0.15) is 21.5 Å². The van der Waals surface area contributed by atoms with Crippen molar-refractivity contribution in [2.45, 2.75) is 6.54 Å². The first kappa shape index (κ1) is 13.8. The van der Waals surface area contributed by atoms with Crippen molar-refractivity contribution in [2.75, 3.05) is 13.6 Å². The molecule has 3 N–H and O–H groups in total. The Morgan fingerprint density at radius 1 is 1.45 bits per heavy atom. The highest BCUT2D eigenvalue weighted by Crippen LogP contribution is 2.08. The van der Waals surface area contributed by atoms with Crippen molar-refractivity contribution in [3.8, 4) is 11.8 Å². The van der Waals surface area contributed by atoms with Gasteiger partial charge in [-0.3, -0.25) is 14.9 Å². The Morgan fingerprint density at radius 2 is 2.30 bits per heavy atom.